The van der Waals surface area contributed by atoms with Gasteiger partial charge in [-0.15, -0.1) is 11.3 Å². The molecule has 4 nitrogen and oxygen atoms in total. The van der Waals surface area contributed by atoms with Crippen molar-refractivity contribution in [3.8, 4) is 16.3 Å². The first-order chi connectivity index (χ1) is 11.8. The average Bonchev–Trinajstić information content (AvgIpc) is 2.97. The first-order valence-corrected chi connectivity index (χ1v) is 10.7. The summed E-state index contributed by atoms with van der Waals surface area (Å²) >= 11 is 1.06. The Hall–Kier alpha value is -1.89. The van der Waals surface area contributed by atoms with E-state index < -0.39 is 9.05 Å². The summed E-state index contributed by atoms with van der Waals surface area (Å²) in [6.45, 7) is 4.14. The Bertz CT molecular complexity index is 1010. The molecule has 130 valence electrons. The summed E-state index contributed by atoms with van der Waals surface area (Å²) in [6.07, 6.45) is 0. The number of benzene rings is 2. The fraction of sp³-hybridized carbons (Fsp3) is 0.167. The zero-order valence-corrected chi connectivity index (χ0v) is 16.1. The molecule has 0 N–H and O–H groups in total. The van der Waals surface area contributed by atoms with Crippen LogP contribution in [-0.2, 0) is 15.7 Å². The molecule has 0 saturated carbocycles. The van der Waals surface area contributed by atoms with Crippen LogP contribution in [0.25, 0.3) is 10.6 Å². The van der Waals surface area contributed by atoms with E-state index in [9.17, 15) is 8.42 Å². The number of aromatic nitrogens is 1. The topological polar surface area (TPSA) is 56.3 Å². The van der Waals surface area contributed by atoms with Crippen molar-refractivity contribution in [2.24, 2.45) is 0 Å². The molecule has 0 unspecified atom stereocenters. The second-order valence-electron chi connectivity index (χ2n) is 5.57. The van der Waals surface area contributed by atoms with Gasteiger partial charge in [0.05, 0.1) is 5.69 Å². The quantitative estimate of drug-likeness (QED) is 0.576. The van der Waals surface area contributed by atoms with Gasteiger partial charge < -0.3 is 4.74 Å². The number of ether oxygens (including phenoxy) is 1. The number of nitrogens with zero attached hydrogens (tertiary/aromatic N) is 1. The van der Waals surface area contributed by atoms with E-state index in [2.05, 4.69) is 4.98 Å². The van der Waals surface area contributed by atoms with E-state index in [4.69, 9.17) is 15.4 Å². The Balaban J connectivity index is 1.84. The van der Waals surface area contributed by atoms with Gasteiger partial charge in [0, 0.05) is 16.2 Å². The predicted molar refractivity (Wildman–Crippen MR) is 101 cm³/mol. The van der Waals surface area contributed by atoms with Crippen LogP contribution in [0.2, 0.25) is 0 Å². The van der Waals surface area contributed by atoms with Crippen LogP contribution < -0.4 is 4.74 Å². The molecule has 0 atom stereocenters. The molecule has 0 radical (unpaired) electrons. The highest BCUT2D eigenvalue weighted by Crippen LogP contribution is 2.34. The van der Waals surface area contributed by atoms with Crippen LogP contribution in [0.1, 0.15) is 16.8 Å². The highest BCUT2D eigenvalue weighted by molar-refractivity contribution is 8.15. The summed E-state index contributed by atoms with van der Waals surface area (Å²) in [5, 5.41) is 0.595. The molecular formula is C18H16ClNO3S2. The van der Waals surface area contributed by atoms with Gasteiger partial charge in [0.25, 0.3) is 9.05 Å². The highest BCUT2D eigenvalue weighted by atomic mass is 35.7. The van der Waals surface area contributed by atoms with Crippen LogP contribution in [-0.4, -0.2) is 13.4 Å². The minimum Gasteiger partial charge on any atom is -0.489 e. The fourth-order valence-electron chi connectivity index (χ4n) is 2.38. The Morgan fingerprint density at radius 2 is 1.88 bits per heavy atom. The van der Waals surface area contributed by atoms with E-state index in [0.717, 1.165) is 22.5 Å². The molecule has 0 bridgehead atoms. The smallest absolute Gasteiger partial charge is 0.272 e. The van der Waals surface area contributed by atoms with Gasteiger partial charge in [-0.3, -0.25) is 0 Å². The van der Waals surface area contributed by atoms with Crippen LogP contribution in [0.4, 0.5) is 0 Å². The predicted octanol–water partition coefficient (Wildman–Crippen LogP) is 4.93. The molecule has 0 aliphatic heterocycles. The first-order valence-electron chi connectivity index (χ1n) is 7.54. The van der Waals surface area contributed by atoms with Gasteiger partial charge in [-0.2, -0.15) is 0 Å². The van der Waals surface area contributed by atoms with Gasteiger partial charge in [0.15, 0.2) is 4.21 Å². The van der Waals surface area contributed by atoms with Gasteiger partial charge in [0.2, 0.25) is 0 Å². The van der Waals surface area contributed by atoms with E-state index in [1.54, 1.807) is 6.92 Å². The van der Waals surface area contributed by atoms with Gasteiger partial charge >= 0.3 is 0 Å². The van der Waals surface area contributed by atoms with Crippen molar-refractivity contribution >= 4 is 31.1 Å². The Labute approximate surface area is 155 Å². The summed E-state index contributed by atoms with van der Waals surface area (Å²) < 4.78 is 29.1. The summed E-state index contributed by atoms with van der Waals surface area (Å²) in [4.78, 5) is 4.32. The van der Waals surface area contributed by atoms with Crippen molar-refractivity contribution in [3.05, 3.63) is 65.4 Å². The molecule has 7 heteroatoms. The summed E-state index contributed by atoms with van der Waals surface area (Å²) in [7, 11) is 1.66. The van der Waals surface area contributed by atoms with E-state index >= 15 is 0 Å². The van der Waals surface area contributed by atoms with Crippen LogP contribution in [0.3, 0.4) is 0 Å². The molecule has 3 aromatic rings. The molecule has 1 aromatic heterocycles. The standard InChI is InChI=1S/C18H16ClNO3S2/c1-12-6-3-4-7-15(12)11-23-16-9-5-8-14(10-16)17-20-13(2)18(24-17)25(19,21)22/h3-10H,11H2,1-2H3. The van der Waals surface area contributed by atoms with E-state index in [1.165, 1.54) is 5.56 Å². The maximum absolute atomic E-state index is 11.6. The molecule has 0 amide bonds. The first kappa shape index (κ1) is 17.9. The summed E-state index contributed by atoms with van der Waals surface area (Å²) in [6, 6.07) is 15.5. The Kier molecular flexibility index (Phi) is 5.13. The van der Waals surface area contributed by atoms with Crippen molar-refractivity contribution < 1.29 is 13.2 Å². The lowest BCUT2D eigenvalue weighted by Crippen LogP contribution is -1.97. The third kappa shape index (κ3) is 4.21. The highest BCUT2D eigenvalue weighted by Gasteiger charge is 2.20. The maximum atomic E-state index is 11.6. The lowest BCUT2D eigenvalue weighted by molar-refractivity contribution is 0.305. The number of aryl methyl sites for hydroxylation is 2. The normalized spacial score (nSPS) is 11.5. The lowest BCUT2D eigenvalue weighted by Gasteiger charge is -2.09. The Morgan fingerprint density at radius 3 is 2.56 bits per heavy atom. The van der Waals surface area contributed by atoms with E-state index in [0.29, 0.717) is 23.1 Å². The fourth-order valence-corrected chi connectivity index (χ4v) is 4.83. The molecule has 0 fully saturated rings. The van der Waals surface area contributed by atoms with E-state index in [1.807, 2.05) is 55.5 Å². The molecule has 0 spiro atoms. The lowest BCUT2D eigenvalue weighted by atomic mass is 10.1. The number of halogens is 1. The third-order valence-electron chi connectivity index (χ3n) is 3.71. The maximum Gasteiger partial charge on any atom is 0.272 e. The van der Waals surface area contributed by atoms with Gasteiger partial charge in [0.1, 0.15) is 17.4 Å². The summed E-state index contributed by atoms with van der Waals surface area (Å²) in [5.41, 5.74) is 3.49. The van der Waals surface area contributed by atoms with Crippen molar-refractivity contribution in [3.63, 3.8) is 0 Å². The van der Waals surface area contributed by atoms with Crippen molar-refractivity contribution in [2.75, 3.05) is 0 Å². The minimum absolute atomic E-state index is 0.0791. The molecular weight excluding hydrogens is 378 g/mol. The molecule has 0 aliphatic rings. The molecule has 1 heterocycles. The molecule has 0 aliphatic carbocycles. The second-order valence-corrected chi connectivity index (χ2v) is 9.33. The SMILES string of the molecule is Cc1ccccc1COc1cccc(-c2nc(C)c(S(=O)(=O)Cl)s2)c1. The number of thiazole rings is 1. The van der Waals surface area contributed by atoms with Crippen molar-refractivity contribution in [1.29, 1.82) is 0 Å². The molecule has 25 heavy (non-hydrogen) atoms. The van der Waals surface area contributed by atoms with Crippen LogP contribution in [0.15, 0.2) is 52.7 Å². The molecule has 0 saturated heterocycles. The average molecular weight is 394 g/mol. The van der Waals surface area contributed by atoms with Crippen molar-refractivity contribution in [1.82, 2.24) is 4.98 Å². The second kappa shape index (κ2) is 7.15. The molecule has 3 rings (SSSR count). The van der Waals surface area contributed by atoms with Gasteiger partial charge in [-0.05, 0) is 37.1 Å². The number of hydrogen-bond donors (Lipinski definition) is 0. The van der Waals surface area contributed by atoms with Crippen LogP contribution in [0, 0.1) is 13.8 Å². The van der Waals surface area contributed by atoms with Crippen molar-refractivity contribution in [2.45, 2.75) is 24.7 Å². The Morgan fingerprint density at radius 1 is 1.12 bits per heavy atom. The van der Waals surface area contributed by atoms with Gasteiger partial charge in [-0.1, -0.05) is 36.4 Å². The third-order valence-corrected chi connectivity index (χ3v) is 7.10. The van der Waals surface area contributed by atoms with E-state index in [-0.39, 0.29) is 4.21 Å². The van der Waals surface area contributed by atoms with Crippen LogP contribution >= 0.6 is 22.0 Å². The monoisotopic (exact) mass is 393 g/mol. The number of hydrogen-bond acceptors (Lipinski definition) is 5. The van der Waals surface area contributed by atoms with Gasteiger partial charge in [-0.25, -0.2) is 13.4 Å². The number of rotatable bonds is 5. The largest absolute Gasteiger partial charge is 0.489 e. The molecule has 2 aromatic carbocycles. The zero-order chi connectivity index (χ0) is 18.0. The minimum atomic E-state index is -3.78. The zero-order valence-electron chi connectivity index (χ0n) is 13.7. The van der Waals surface area contributed by atoms with Crippen LogP contribution in [0.5, 0.6) is 5.75 Å². The summed E-state index contributed by atoms with van der Waals surface area (Å²) in [5.74, 6) is 0.698.